The fraction of sp³-hybridized carbons (Fsp3) is 0.200. The second-order valence-corrected chi connectivity index (χ2v) is 6.10. The number of Topliss-reactive ketones (excluding diaryl/α,β-unsaturated/α-hetero) is 2. The van der Waals surface area contributed by atoms with Gasteiger partial charge in [0.2, 0.25) is 5.78 Å². The molecule has 0 fully saturated rings. The molecule has 0 unspecified atom stereocenters. The lowest BCUT2D eigenvalue weighted by Gasteiger charge is -2.06. The normalized spacial score (nSPS) is 10.3. The van der Waals surface area contributed by atoms with Crippen LogP contribution in [0.4, 0.5) is 0 Å². The fourth-order valence-corrected chi connectivity index (χ4v) is 3.22. The molecule has 1 aromatic heterocycles. The molecule has 0 aliphatic rings. The van der Waals surface area contributed by atoms with Crippen molar-refractivity contribution in [2.24, 2.45) is 0 Å². The van der Waals surface area contributed by atoms with E-state index in [1.807, 2.05) is 23.6 Å². The zero-order chi connectivity index (χ0) is 14.5. The van der Waals surface area contributed by atoms with Gasteiger partial charge in [-0.1, -0.05) is 12.1 Å². The van der Waals surface area contributed by atoms with Crippen LogP contribution in [0.5, 0.6) is 5.75 Å². The topological polar surface area (TPSA) is 43.4 Å². The van der Waals surface area contributed by atoms with Crippen LogP contribution in [-0.4, -0.2) is 18.2 Å². The first-order chi connectivity index (χ1) is 9.56. The second kappa shape index (κ2) is 6.81. The molecule has 1 heterocycles. The van der Waals surface area contributed by atoms with E-state index in [0.717, 1.165) is 10.0 Å². The maximum Gasteiger partial charge on any atom is 0.211 e. The van der Waals surface area contributed by atoms with E-state index in [2.05, 4.69) is 15.9 Å². The smallest absolute Gasteiger partial charge is 0.211 e. The van der Waals surface area contributed by atoms with Crippen LogP contribution in [0.15, 0.2) is 40.2 Å². The highest BCUT2D eigenvalue weighted by Gasteiger charge is 2.12. The van der Waals surface area contributed by atoms with Gasteiger partial charge in [-0.25, -0.2) is 0 Å². The molecule has 3 nitrogen and oxygen atoms in total. The third kappa shape index (κ3) is 4.02. The first-order valence-corrected chi connectivity index (χ1v) is 7.71. The number of ether oxygens (including phenoxy) is 1. The van der Waals surface area contributed by atoms with Gasteiger partial charge in [0, 0.05) is 10.9 Å². The van der Waals surface area contributed by atoms with Gasteiger partial charge in [-0.3, -0.25) is 9.59 Å². The number of carbonyl (C=O) groups is 2. The molecule has 0 spiro atoms. The van der Waals surface area contributed by atoms with Gasteiger partial charge in [0.05, 0.1) is 4.88 Å². The average molecular weight is 353 g/mol. The minimum absolute atomic E-state index is 0.00513. The summed E-state index contributed by atoms with van der Waals surface area (Å²) in [5, 5.41) is 1.86. The highest BCUT2D eigenvalue weighted by molar-refractivity contribution is 9.10. The largest absolute Gasteiger partial charge is 0.485 e. The van der Waals surface area contributed by atoms with Crippen molar-refractivity contribution in [3.05, 3.63) is 50.6 Å². The van der Waals surface area contributed by atoms with Crippen molar-refractivity contribution in [1.29, 1.82) is 0 Å². The third-order valence-corrected chi connectivity index (χ3v) is 4.50. The number of rotatable bonds is 6. The Labute approximate surface area is 129 Å². The van der Waals surface area contributed by atoms with Crippen LogP contribution in [0.1, 0.15) is 22.2 Å². The molecule has 104 valence electrons. The van der Waals surface area contributed by atoms with Crippen LogP contribution in [0.3, 0.4) is 0 Å². The van der Waals surface area contributed by atoms with E-state index < -0.39 is 0 Å². The van der Waals surface area contributed by atoms with Gasteiger partial charge in [-0.2, -0.15) is 0 Å². The second-order valence-electron chi connectivity index (χ2n) is 4.33. The van der Waals surface area contributed by atoms with Crippen molar-refractivity contribution < 1.29 is 14.3 Å². The van der Waals surface area contributed by atoms with E-state index in [0.29, 0.717) is 17.0 Å². The molecule has 0 aliphatic heterocycles. The van der Waals surface area contributed by atoms with Crippen LogP contribution in [0.25, 0.3) is 0 Å². The number of thiophene rings is 1. The van der Waals surface area contributed by atoms with E-state index in [9.17, 15) is 9.59 Å². The lowest BCUT2D eigenvalue weighted by atomic mass is 10.1. The predicted octanol–water partition coefficient (Wildman–Crippen LogP) is 3.90. The lowest BCUT2D eigenvalue weighted by Crippen LogP contribution is -2.10. The Morgan fingerprint density at radius 3 is 2.45 bits per heavy atom. The summed E-state index contributed by atoms with van der Waals surface area (Å²) in [5.74, 6) is 0.689. The predicted molar refractivity (Wildman–Crippen MR) is 82.7 cm³/mol. The van der Waals surface area contributed by atoms with Gasteiger partial charge < -0.3 is 4.74 Å². The molecule has 0 amide bonds. The maximum absolute atomic E-state index is 11.9. The summed E-state index contributed by atoms with van der Waals surface area (Å²) in [4.78, 5) is 23.6. The van der Waals surface area contributed by atoms with Crippen molar-refractivity contribution >= 4 is 38.8 Å². The summed E-state index contributed by atoms with van der Waals surface area (Å²) in [5.41, 5.74) is 0.942. The van der Waals surface area contributed by atoms with Gasteiger partial charge >= 0.3 is 0 Å². The fourth-order valence-electron chi connectivity index (χ4n) is 1.70. The first kappa shape index (κ1) is 14.9. The minimum atomic E-state index is -0.0558. The van der Waals surface area contributed by atoms with E-state index in [-0.39, 0.29) is 18.2 Å². The van der Waals surface area contributed by atoms with Crippen molar-refractivity contribution in [1.82, 2.24) is 0 Å². The summed E-state index contributed by atoms with van der Waals surface area (Å²) in [6.45, 7) is 1.56. The zero-order valence-electron chi connectivity index (χ0n) is 10.9. The van der Waals surface area contributed by atoms with Gasteiger partial charge in [-0.15, -0.1) is 11.3 Å². The average Bonchev–Trinajstić information content (AvgIpc) is 2.83. The number of hydrogen-bond donors (Lipinski definition) is 0. The maximum atomic E-state index is 11.9. The van der Waals surface area contributed by atoms with Gasteiger partial charge in [0.15, 0.2) is 6.61 Å². The van der Waals surface area contributed by atoms with Crippen LogP contribution in [-0.2, 0) is 11.2 Å². The summed E-state index contributed by atoms with van der Waals surface area (Å²) in [6.07, 6.45) is 0.418. The molecule has 0 radical (unpaired) electrons. The standard InChI is InChI=1S/C15H13BrO3S/c1-10(17)8-11-2-4-12(5-3-11)19-9-14(18)15-13(16)6-7-20-15/h2-7H,8-9H2,1H3. The van der Waals surface area contributed by atoms with Crippen molar-refractivity contribution in [2.75, 3.05) is 6.61 Å². The Morgan fingerprint density at radius 1 is 1.20 bits per heavy atom. The number of benzene rings is 1. The summed E-state index contributed by atoms with van der Waals surface area (Å²) in [6, 6.07) is 9.06. The van der Waals surface area contributed by atoms with Crippen LogP contribution in [0.2, 0.25) is 0 Å². The summed E-state index contributed by atoms with van der Waals surface area (Å²) in [7, 11) is 0. The highest BCUT2D eigenvalue weighted by Crippen LogP contribution is 2.23. The van der Waals surface area contributed by atoms with Crippen molar-refractivity contribution in [3.8, 4) is 5.75 Å². The monoisotopic (exact) mass is 352 g/mol. The Bertz CT molecular complexity index is 616. The molecular weight excluding hydrogens is 340 g/mol. The molecule has 0 bridgehead atoms. The quantitative estimate of drug-likeness (QED) is 0.740. The zero-order valence-corrected chi connectivity index (χ0v) is 13.3. The molecule has 0 aliphatic carbocycles. The van der Waals surface area contributed by atoms with Crippen molar-refractivity contribution in [2.45, 2.75) is 13.3 Å². The molecule has 2 rings (SSSR count). The van der Waals surface area contributed by atoms with Gasteiger partial charge in [0.1, 0.15) is 11.5 Å². The van der Waals surface area contributed by atoms with E-state index in [1.54, 1.807) is 19.1 Å². The molecule has 20 heavy (non-hydrogen) atoms. The molecule has 0 atom stereocenters. The first-order valence-electron chi connectivity index (χ1n) is 6.03. The molecular formula is C15H13BrO3S. The molecule has 0 saturated heterocycles. The molecule has 5 heteroatoms. The van der Waals surface area contributed by atoms with E-state index in [4.69, 9.17) is 4.74 Å². The summed E-state index contributed by atoms with van der Waals surface area (Å²) < 4.78 is 6.26. The number of halogens is 1. The Hall–Kier alpha value is -1.46. The Kier molecular flexibility index (Phi) is 5.09. The summed E-state index contributed by atoms with van der Waals surface area (Å²) >= 11 is 4.72. The van der Waals surface area contributed by atoms with Crippen LogP contribution in [0, 0.1) is 0 Å². The number of ketones is 2. The number of carbonyl (C=O) groups excluding carboxylic acids is 2. The van der Waals surface area contributed by atoms with Crippen molar-refractivity contribution in [3.63, 3.8) is 0 Å². The lowest BCUT2D eigenvalue weighted by molar-refractivity contribution is -0.116. The molecule has 0 saturated carbocycles. The highest BCUT2D eigenvalue weighted by atomic mass is 79.9. The third-order valence-electron chi connectivity index (χ3n) is 2.62. The molecule has 2 aromatic rings. The Balaban J connectivity index is 1.93. The van der Waals surface area contributed by atoms with Crippen LogP contribution >= 0.6 is 27.3 Å². The minimum Gasteiger partial charge on any atom is -0.485 e. The van der Waals surface area contributed by atoms with Crippen LogP contribution < -0.4 is 4.74 Å². The molecule has 1 aromatic carbocycles. The van der Waals surface area contributed by atoms with Gasteiger partial charge in [0.25, 0.3) is 0 Å². The van der Waals surface area contributed by atoms with Gasteiger partial charge in [-0.05, 0) is 52.0 Å². The van der Waals surface area contributed by atoms with E-state index in [1.165, 1.54) is 11.3 Å². The molecule has 0 N–H and O–H groups in total. The number of hydrogen-bond acceptors (Lipinski definition) is 4. The van der Waals surface area contributed by atoms with E-state index >= 15 is 0 Å². The Morgan fingerprint density at radius 2 is 1.90 bits per heavy atom. The SMILES string of the molecule is CC(=O)Cc1ccc(OCC(=O)c2sccc2Br)cc1.